The third kappa shape index (κ3) is 2.78. The Morgan fingerprint density at radius 3 is 2.94 bits per heavy atom. The Bertz CT molecular complexity index is 522. The third-order valence-electron chi connectivity index (χ3n) is 2.44. The zero-order valence-corrected chi connectivity index (χ0v) is 9.32. The summed E-state index contributed by atoms with van der Waals surface area (Å²) in [5, 5.41) is 3.72. The monoisotopic (exact) mass is 232 g/mol. The summed E-state index contributed by atoms with van der Waals surface area (Å²) in [6.07, 6.45) is 2.13. The molecule has 1 amide bonds. The summed E-state index contributed by atoms with van der Waals surface area (Å²) in [5.74, 6) is -0.180. The number of carbonyl (C=O) groups is 1. The molecule has 2 aromatic rings. The van der Waals surface area contributed by atoms with Gasteiger partial charge < -0.3 is 5.32 Å². The molecule has 0 aliphatic heterocycles. The van der Waals surface area contributed by atoms with Gasteiger partial charge in [-0.2, -0.15) is 0 Å². The van der Waals surface area contributed by atoms with Crippen LogP contribution in [-0.4, -0.2) is 17.6 Å². The SMILES string of the molecule is O=C(CCCF)Nc1cccc2cccnc12. The fraction of sp³-hybridized carbons (Fsp3) is 0.231. The fourth-order valence-corrected chi connectivity index (χ4v) is 1.65. The molecule has 0 unspecified atom stereocenters. The summed E-state index contributed by atoms with van der Waals surface area (Å²) in [7, 11) is 0. The first-order valence-corrected chi connectivity index (χ1v) is 5.51. The van der Waals surface area contributed by atoms with Crippen molar-refractivity contribution in [3.05, 3.63) is 36.5 Å². The first-order valence-electron chi connectivity index (χ1n) is 5.51. The number of carbonyl (C=O) groups excluding carboxylic acids is 1. The van der Waals surface area contributed by atoms with E-state index in [1.54, 1.807) is 12.3 Å². The summed E-state index contributed by atoms with van der Waals surface area (Å²) in [4.78, 5) is 15.7. The highest BCUT2D eigenvalue weighted by atomic mass is 19.1. The molecule has 0 saturated carbocycles. The Morgan fingerprint density at radius 2 is 2.12 bits per heavy atom. The highest BCUT2D eigenvalue weighted by Gasteiger charge is 2.05. The first kappa shape index (κ1) is 11.5. The number of nitrogens with zero attached hydrogens (tertiary/aromatic N) is 1. The molecule has 1 aromatic heterocycles. The molecule has 17 heavy (non-hydrogen) atoms. The van der Waals surface area contributed by atoms with Crippen LogP contribution in [0.4, 0.5) is 10.1 Å². The summed E-state index contributed by atoms with van der Waals surface area (Å²) in [6.45, 7) is -0.471. The maximum absolute atomic E-state index is 12.0. The van der Waals surface area contributed by atoms with E-state index in [0.717, 1.165) is 10.9 Å². The molecule has 88 valence electrons. The number of nitrogens with one attached hydrogen (secondary N) is 1. The Hall–Kier alpha value is -1.97. The summed E-state index contributed by atoms with van der Waals surface area (Å²) in [6, 6.07) is 9.35. The lowest BCUT2D eigenvalue weighted by Crippen LogP contribution is -2.11. The predicted molar refractivity (Wildman–Crippen MR) is 65.6 cm³/mol. The Labute approximate surface area is 98.7 Å². The van der Waals surface area contributed by atoms with E-state index in [-0.39, 0.29) is 18.7 Å². The Balaban J connectivity index is 2.21. The molecule has 0 atom stereocenters. The number of para-hydroxylation sites is 1. The predicted octanol–water partition coefficient (Wildman–Crippen LogP) is 2.92. The molecule has 0 fully saturated rings. The lowest BCUT2D eigenvalue weighted by Gasteiger charge is -2.07. The number of hydrogen-bond donors (Lipinski definition) is 1. The van der Waals surface area contributed by atoms with E-state index in [1.807, 2.05) is 24.3 Å². The van der Waals surface area contributed by atoms with Crippen LogP contribution >= 0.6 is 0 Å². The minimum Gasteiger partial charge on any atom is -0.324 e. The molecule has 1 heterocycles. The van der Waals surface area contributed by atoms with Gasteiger partial charge in [-0.25, -0.2) is 0 Å². The lowest BCUT2D eigenvalue weighted by molar-refractivity contribution is -0.116. The summed E-state index contributed by atoms with van der Waals surface area (Å²) < 4.78 is 12.0. The maximum atomic E-state index is 12.0. The van der Waals surface area contributed by atoms with E-state index in [2.05, 4.69) is 10.3 Å². The van der Waals surface area contributed by atoms with Crippen molar-refractivity contribution in [2.75, 3.05) is 12.0 Å². The molecule has 2 rings (SSSR count). The van der Waals surface area contributed by atoms with Crippen molar-refractivity contribution in [2.45, 2.75) is 12.8 Å². The van der Waals surface area contributed by atoms with Crippen molar-refractivity contribution in [3.63, 3.8) is 0 Å². The van der Waals surface area contributed by atoms with Crippen LogP contribution < -0.4 is 5.32 Å². The molecule has 0 aliphatic carbocycles. The first-order chi connectivity index (χ1) is 8.31. The van der Waals surface area contributed by atoms with Crippen LogP contribution in [0.1, 0.15) is 12.8 Å². The fourth-order valence-electron chi connectivity index (χ4n) is 1.65. The van der Waals surface area contributed by atoms with Crippen LogP contribution in [0.15, 0.2) is 36.5 Å². The number of amides is 1. The number of hydrogen-bond acceptors (Lipinski definition) is 2. The van der Waals surface area contributed by atoms with Gasteiger partial charge in [-0.05, 0) is 18.6 Å². The van der Waals surface area contributed by atoms with E-state index >= 15 is 0 Å². The quantitative estimate of drug-likeness (QED) is 0.880. The second kappa shape index (κ2) is 5.39. The largest absolute Gasteiger partial charge is 0.324 e. The minimum absolute atomic E-state index is 0.180. The van der Waals surface area contributed by atoms with Crippen molar-refractivity contribution >= 4 is 22.5 Å². The zero-order valence-electron chi connectivity index (χ0n) is 9.32. The molecule has 1 aromatic carbocycles. The van der Waals surface area contributed by atoms with Gasteiger partial charge in [0.15, 0.2) is 0 Å². The lowest BCUT2D eigenvalue weighted by atomic mass is 10.2. The second-order valence-corrected chi connectivity index (χ2v) is 3.72. The average molecular weight is 232 g/mol. The third-order valence-corrected chi connectivity index (χ3v) is 2.44. The number of aromatic nitrogens is 1. The van der Waals surface area contributed by atoms with E-state index in [0.29, 0.717) is 5.69 Å². The molecule has 0 radical (unpaired) electrons. The Kier molecular flexibility index (Phi) is 3.65. The molecule has 0 aliphatic rings. The van der Waals surface area contributed by atoms with Crippen LogP contribution in [0, 0.1) is 0 Å². The molecule has 4 heteroatoms. The summed E-state index contributed by atoms with van der Waals surface area (Å²) >= 11 is 0. The van der Waals surface area contributed by atoms with Gasteiger partial charge >= 0.3 is 0 Å². The van der Waals surface area contributed by atoms with Crippen molar-refractivity contribution in [1.29, 1.82) is 0 Å². The van der Waals surface area contributed by atoms with Gasteiger partial charge in [0.25, 0.3) is 0 Å². The molecule has 1 N–H and O–H groups in total. The van der Waals surface area contributed by atoms with Gasteiger partial charge in [0.05, 0.1) is 17.9 Å². The Morgan fingerprint density at radius 1 is 1.29 bits per heavy atom. The van der Waals surface area contributed by atoms with Gasteiger partial charge in [-0.1, -0.05) is 18.2 Å². The number of halogens is 1. The van der Waals surface area contributed by atoms with E-state index in [1.165, 1.54) is 0 Å². The van der Waals surface area contributed by atoms with E-state index in [4.69, 9.17) is 0 Å². The van der Waals surface area contributed by atoms with Crippen LogP contribution in [0.3, 0.4) is 0 Å². The van der Waals surface area contributed by atoms with Gasteiger partial charge in [-0.15, -0.1) is 0 Å². The van der Waals surface area contributed by atoms with Gasteiger partial charge in [0.1, 0.15) is 0 Å². The van der Waals surface area contributed by atoms with Crippen molar-refractivity contribution in [2.24, 2.45) is 0 Å². The number of alkyl halides is 1. The highest BCUT2D eigenvalue weighted by molar-refractivity contribution is 6.00. The molecule has 0 saturated heterocycles. The highest BCUT2D eigenvalue weighted by Crippen LogP contribution is 2.20. The zero-order chi connectivity index (χ0) is 12.1. The van der Waals surface area contributed by atoms with E-state index < -0.39 is 6.67 Å². The summed E-state index contributed by atoms with van der Waals surface area (Å²) in [5.41, 5.74) is 1.43. The number of fused-ring (bicyclic) bond motifs is 1. The molecular formula is C13H13FN2O. The number of anilines is 1. The molecular weight excluding hydrogens is 219 g/mol. The number of pyridine rings is 1. The van der Waals surface area contributed by atoms with Crippen molar-refractivity contribution in [1.82, 2.24) is 4.98 Å². The van der Waals surface area contributed by atoms with Crippen LogP contribution in [0.25, 0.3) is 10.9 Å². The van der Waals surface area contributed by atoms with Crippen LogP contribution in [0.2, 0.25) is 0 Å². The molecule has 0 spiro atoms. The normalized spacial score (nSPS) is 10.4. The van der Waals surface area contributed by atoms with Gasteiger partial charge in [-0.3, -0.25) is 14.2 Å². The van der Waals surface area contributed by atoms with E-state index in [9.17, 15) is 9.18 Å². The van der Waals surface area contributed by atoms with Gasteiger partial charge in [0, 0.05) is 18.0 Å². The van der Waals surface area contributed by atoms with Crippen LogP contribution in [-0.2, 0) is 4.79 Å². The number of rotatable bonds is 4. The smallest absolute Gasteiger partial charge is 0.224 e. The second-order valence-electron chi connectivity index (χ2n) is 3.72. The molecule has 3 nitrogen and oxygen atoms in total. The molecule has 0 bridgehead atoms. The topological polar surface area (TPSA) is 42.0 Å². The number of benzene rings is 1. The average Bonchev–Trinajstić information content (AvgIpc) is 2.37. The minimum atomic E-state index is -0.471. The van der Waals surface area contributed by atoms with Crippen molar-refractivity contribution < 1.29 is 9.18 Å². The standard InChI is InChI=1S/C13H13FN2O/c14-8-2-7-12(17)16-11-6-1-4-10-5-3-9-15-13(10)11/h1,3-6,9H,2,7-8H2,(H,16,17). The van der Waals surface area contributed by atoms with Crippen molar-refractivity contribution in [3.8, 4) is 0 Å². The van der Waals surface area contributed by atoms with Gasteiger partial charge in [0.2, 0.25) is 5.91 Å². The van der Waals surface area contributed by atoms with Crippen LogP contribution in [0.5, 0.6) is 0 Å². The maximum Gasteiger partial charge on any atom is 0.224 e.